The van der Waals surface area contributed by atoms with Crippen LogP contribution in [0.2, 0.25) is 0 Å². The van der Waals surface area contributed by atoms with Crippen LogP contribution in [0.1, 0.15) is 51.4 Å². The molecule has 2 rings (SSSR count). The highest BCUT2D eigenvalue weighted by atomic mass is 35.5. The maximum atomic E-state index is 12.4. The van der Waals surface area contributed by atoms with Crippen LogP contribution in [-0.2, 0) is 9.53 Å². The van der Waals surface area contributed by atoms with Gasteiger partial charge >= 0.3 is 0 Å². The first-order valence-electron chi connectivity index (χ1n) is 8.27. The molecule has 0 radical (unpaired) electrons. The molecule has 0 spiro atoms. The highest BCUT2D eigenvalue weighted by Gasteiger charge is 2.28. The zero-order valence-electron chi connectivity index (χ0n) is 13.3. The number of amides is 1. The number of ether oxygens (including phenoxy) is 1. The standard InChI is InChI=1S/C16H30N2O2.ClH/c1-18(10-7-13-5-3-2-4-6-13)16(19)15(17)14-8-11-20-12-9-14;/h13-15H,2-12,17H2,1H3;1H. The number of hydrogen-bond donors (Lipinski definition) is 1. The Bertz CT molecular complexity index is 303. The molecule has 1 aliphatic carbocycles. The lowest BCUT2D eigenvalue weighted by Gasteiger charge is -2.31. The van der Waals surface area contributed by atoms with Gasteiger partial charge in [0.15, 0.2) is 0 Å². The summed E-state index contributed by atoms with van der Waals surface area (Å²) < 4.78 is 5.34. The van der Waals surface area contributed by atoms with Gasteiger partial charge in [0.1, 0.15) is 0 Å². The molecule has 0 aromatic rings. The van der Waals surface area contributed by atoms with Crippen LogP contribution >= 0.6 is 12.4 Å². The predicted molar refractivity (Wildman–Crippen MR) is 87.6 cm³/mol. The zero-order chi connectivity index (χ0) is 14.4. The molecule has 1 unspecified atom stereocenters. The largest absolute Gasteiger partial charge is 0.381 e. The fraction of sp³-hybridized carbons (Fsp3) is 0.938. The number of halogens is 1. The summed E-state index contributed by atoms with van der Waals surface area (Å²) in [6.07, 6.45) is 9.78. The number of likely N-dealkylation sites (N-methyl/N-ethyl adjacent to an activating group) is 1. The molecule has 0 aromatic carbocycles. The Morgan fingerprint density at radius 1 is 1.19 bits per heavy atom. The molecular weight excluding hydrogens is 288 g/mol. The van der Waals surface area contributed by atoms with E-state index in [2.05, 4.69) is 0 Å². The van der Waals surface area contributed by atoms with E-state index in [4.69, 9.17) is 10.5 Å². The highest BCUT2D eigenvalue weighted by Crippen LogP contribution is 2.26. The van der Waals surface area contributed by atoms with Gasteiger partial charge in [-0.1, -0.05) is 32.1 Å². The minimum absolute atomic E-state index is 0. The third kappa shape index (κ3) is 5.76. The fourth-order valence-electron chi connectivity index (χ4n) is 3.49. The van der Waals surface area contributed by atoms with E-state index in [1.165, 1.54) is 32.1 Å². The van der Waals surface area contributed by atoms with E-state index in [1.54, 1.807) is 0 Å². The first kappa shape index (κ1) is 18.7. The van der Waals surface area contributed by atoms with Gasteiger partial charge in [0.2, 0.25) is 5.91 Å². The third-order valence-electron chi connectivity index (χ3n) is 5.03. The monoisotopic (exact) mass is 318 g/mol. The van der Waals surface area contributed by atoms with Gasteiger partial charge in [0.05, 0.1) is 6.04 Å². The average molecular weight is 319 g/mol. The average Bonchev–Trinajstić information content (AvgIpc) is 2.53. The van der Waals surface area contributed by atoms with E-state index >= 15 is 0 Å². The summed E-state index contributed by atoms with van der Waals surface area (Å²) in [5, 5.41) is 0. The van der Waals surface area contributed by atoms with Crippen LogP contribution in [0.3, 0.4) is 0 Å². The van der Waals surface area contributed by atoms with Gasteiger partial charge in [-0.3, -0.25) is 4.79 Å². The Hall–Kier alpha value is -0.320. The van der Waals surface area contributed by atoms with Gasteiger partial charge < -0.3 is 15.4 Å². The van der Waals surface area contributed by atoms with E-state index in [0.717, 1.165) is 44.9 Å². The van der Waals surface area contributed by atoms with Crippen molar-refractivity contribution in [2.75, 3.05) is 26.8 Å². The third-order valence-corrected chi connectivity index (χ3v) is 5.03. The van der Waals surface area contributed by atoms with Crippen LogP contribution in [0.15, 0.2) is 0 Å². The molecule has 1 atom stereocenters. The Kier molecular flexibility index (Phi) is 8.60. The van der Waals surface area contributed by atoms with Gasteiger partial charge in [-0.2, -0.15) is 0 Å². The van der Waals surface area contributed by atoms with Crippen LogP contribution in [0, 0.1) is 11.8 Å². The van der Waals surface area contributed by atoms with Crippen molar-refractivity contribution in [3.63, 3.8) is 0 Å². The smallest absolute Gasteiger partial charge is 0.239 e. The number of nitrogens with zero attached hydrogens (tertiary/aromatic N) is 1. The van der Waals surface area contributed by atoms with Gasteiger partial charge in [0, 0.05) is 26.8 Å². The molecule has 1 aliphatic heterocycles. The Balaban J connectivity index is 0.00000220. The minimum atomic E-state index is -0.338. The fourth-order valence-corrected chi connectivity index (χ4v) is 3.49. The minimum Gasteiger partial charge on any atom is -0.381 e. The van der Waals surface area contributed by atoms with Crippen LogP contribution in [0.25, 0.3) is 0 Å². The normalized spacial score (nSPS) is 22.4. The maximum Gasteiger partial charge on any atom is 0.239 e. The predicted octanol–water partition coefficient (Wildman–Crippen LogP) is 2.59. The van der Waals surface area contributed by atoms with Crippen molar-refractivity contribution in [1.29, 1.82) is 0 Å². The molecule has 124 valence electrons. The summed E-state index contributed by atoms with van der Waals surface area (Å²) in [5.74, 6) is 1.24. The quantitative estimate of drug-likeness (QED) is 0.847. The Morgan fingerprint density at radius 3 is 2.43 bits per heavy atom. The molecule has 5 heteroatoms. The molecule has 1 saturated heterocycles. The van der Waals surface area contributed by atoms with E-state index in [-0.39, 0.29) is 24.4 Å². The molecule has 0 bridgehead atoms. The van der Waals surface area contributed by atoms with Crippen LogP contribution < -0.4 is 5.73 Å². The van der Waals surface area contributed by atoms with Crippen LogP contribution in [-0.4, -0.2) is 43.7 Å². The molecule has 4 nitrogen and oxygen atoms in total. The summed E-state index contributed by atoms with van der Waals surface area (Å²) in [6, 6.07) is -0.338. The number of carbonyl (C=O) groups is 1. The Labute approximate surface area is 135 Å². The van der Waals surface area contributed by atoms with Gasteiger partial charge in [0.25, 0.3) is 0 Å². The first-order valence-corrected chi connectivity index (χ1v) is 8.27. The number of rotatable bonds is 5. The van der Waals surface area contributed by atoms with Gasteiger partial charge in [-0.25, -0.2) is 0 Å². The summed E-state index contributed by atoms with van der Waals surface area (Å²) in [5.41, 5.74) is 6.15. The second kappa shape index (κ2) is 9.65. The van der Waals surface area contributed by atoms with Crippen molar-refractivity contribution in [2.45, 2.75) is 57.4 Å². The number of carbonyl (C=O) groups excluding carboxylic acids is 1. The van der Waals surface area contributed by atoms with Crippen LogP contribution in [0.4, 0.5) is 0 Å². The van der Waals surface area contributed by atoms with Crippen molar-refractivity contribution in [3.8, 4) is 0 Å². The van der Waals surface area contributed by atoms with Crippen molar-refractivity contribution >= 4 is 18.3 Å². The van der Waals surface area contributed by atoms with E-state index in [1.807, 2.05) is 11.9 Å². The molecule has 1 saturated carbocycles. The Morgan fingerprint density at radius 2 is 1.81 bits per heavy atom. The topological polar surface area (TPSA) is 55.6 Å². The zero-order valence-corrected chi connectivity index (χ0v) is 14.1. The molecule has 1 amide bonds. The molecule has 2 fully saturated rings. The lowest BCUT2D eigenvalue weighted by atomic mass is 9.87. The van der Waals surface area contributed by atoms with Crippen molar-refractivity contribution in [3.05, 3.63) is 0 Å². The molecule has 21 heavy (non-hydrogen) atoms. The second-order valence-electron chi connectivity index (χ2n) is 6.53. The number of nitrogens with two attached hydrogens (primary N) is 1. The van der Waals surface area contributed by atoms with E-state index in [9.17, 15) is 4.79 Å². The molecular formula is C16H31ClN2O2. The lowest BCUT2D eigenvalue weighted by Crippen LogP contribution is -2.48. The first-order chi connectivity index (χ1) is 9.68. The SMILES string of the molecule is CN(CCC1CCCCC1)C(=O)C(N)C1CCOCC1.Cl. The van der Waals surface area contributed by atoms with Crippen molar-refractivity contribution in [2.24, 2.45) is 17.6 Å². The number of hydrogen-bond acceptors (Lipinski definition) is 3. The second-order valence-corrected chi connectivity index (χ2v) is 6.53. The maximum absolute atomic E-state index is 12.4. The van der Waals surface area contributed by atoms with Crippen molar-refractivity contribution < 1.29 is 9.53 Å². The van der Waals surface area contributed by atoms with E-state index < -0.39 is 0 Å². The van der Waals surface area contributed by atoms with Crippen molar-refractivity contribution in [1.82, 2.24) is 4.90 Å². The summed E-state index contributed by atoms with van der Waals surface area (Å²) in [4.78, 5) is 14.2. The summed E-state index contributed by atoms with van der Waals surface area (Å²) in [6.45, 7) is 2.36. The van der Waals surface area contributed by atoms with E-state index in [0.29, 0.717) is 5.92 Å². The van der Waals surface area contributed by atoms with Gasteiger partial charge in [-0.15, -0.1) is 12.4 Å². The molecule has 0 aromatic heterocycles. The lowest BCUT2D eigenvalue weighted by molar-refractivity contribution is -0.133. The summed E-state index contributed by atoms with van der Waals surface area (Å²) in [7, 11) is 1.91. The van der Waals surface area contributed by atoms with Gasteiger partial charge in [-0.05, 0) is 31.1 Å². The molecule has 2 aliphatic rings. The van der Waals surface area contributed by atoms with Crippen LogP contribution in [0.5, 0.6) is 0 Å². The highest BCUT2D eigenvalue weighted by molar-refractivity contribution is 5.85. The summed E-state index contributed by atoms with van der Waals surface area (Å²) >= 11 is 0. The molecule has 1 heterocycles. The molecule has 2 N–H and O–H groups in total.